The second-order valence-electron chi connectivity index (χ2n) is 4.50. The number of nitrogens with one attached hydrogen (secondary N) is 1. The molecule has 3 N–H and O–H groups in total. The van der Waals surface area contributed by atoms with Crippen LogP contribution in [0.2, 0.25) is 0 Å². The third-order valence-corrected chi connectivity index (χ3v) is 3.74. The van der Waals surface area contributed by atoms with Gasteiger partial charge in [0.1, 0.15) is 5.78 Å². The minimum absolute atomic E-state index is 0.0201. The Morgan fingerprint density at radius 1 is 1.22 bits per heavy atom. The quantitative estimate of drug-likeness (QED) is 0.471. The van der Waals surface area contributed by atoms with Crippen LogP contribution in [0.25, 0.3) is 0 Å². The van der Waals surface area contributed by atoms with Gasteiger partial charge in [-0.05, 0) is 0 Å². The highest BCUT2D eigenvalue weighted by atomic mass is 32.2. The molecule has 124 valence electrons. The topological polar surface area (TPSA) is 116 Å². The second kappa shape index (κ2) is 10.5. The van der Waals surface area contributed by atoms with Gasteiger partial charge in [-0.15, -0.1) is 0 Å². The third-order valence-electron chi connectivity index (χ3n) is 2.78. The number of hydrogen-bond donors (Lipinski definition) is 2. The monoisotopic (exact) mass is 338 g/mol. The molecule has 1 aromatic rings. The summed E-state index contributed by atoms with van der Waals surface area (Å²) >= 11 is 0.924. The van der Waals surface area contributed by atoms with E-state index in [4.69, 9.17) is 10.5 Å². The van der Waals surface area contributed by atoms with Gasteiger partial charge in [-0.25, -0.2) is 0 Å². The Labute approximate surface area is 137 Å². The van der Waals surface area contributed by atoms with Gasteiger partial charge in [-0.2, -0.15) is 0 Å². The van der Waals surface area contributed by atoms with Crippen molar-refractivity contribution in [3.05, 3.63) is 35.9 Å². The highest BCUT2D eigenvalue weighted by Crippen LogP contribution is 2.13. The zero-order valence-corrected chi connectivity index (χ0v) is 13.2. The Morgan fingerprint density at radius 3 is 2.52 bits per heavy atom. The lowest BCUT2D eigenvalue weighted by Crippen LogP contribution is -2.39. The number of thioether (sulfide) groups is 1. The molecular weight excluding hydrogens is 320 g/mol. The average Bonchev–Trinajstić information content (AvgIpc) is 2.58. The molecule has 0 aliphatic carbocycles. The van der Waals surface area contributed by atoms with Crippen LogP contribution in [0.3, 0.4) is 0 Å². The van der Waals surface area contributed by atoms with Gasteiger partial charge in [0.2, 0.25) is 11.0 Å². The standard InChI is InChI=1S/C15H18N2O5S/c16-8-12(19)6-7-13(20)17-14(22-10-18)9-23-15(21)11-4-2-1-3-5-11/h1-5,10,14H,6-9,16H2,(H,17,20)/t14-/m1/s1. The summed E-state index contributed by atoms with van der Waals surface area (Å²) in [6, 6.07) is 8.61. The van der Waals surface area contributed by atoms with Crippen LogP contribution in [-0.2, 0) is 19.1 Å². The number of benzene rings is 1. The Balaban J connectivity index is 2.45. The number of Topliss-reactive ketones (excluding diaryl/α,β-unsaturated/α-hetero) is 1. The normalized spacial score (nSPS) is 11.3. The summed E-state index contributed by atoms with van der Waals surface area (Å²) in [6.07, 6.45) is -0.969. The van der Waals surface area contributed by atoms with Crippen LogP contribution >= 0.6 is 11.8 Å². The number of carbonyl (C=O) groups excluding carboxylic acids is 4. The second-order valence-corrected chi connectivity index (χ2v) is 5.49. The van der Waals surface area contributed by atoms with E-state index in [1.54, 1.807) is 30.3 Å². The molecule has 0 aliphatic heterocycles. The number of ether oxygens (including phenoxy) is 1. The molecule has 0 fully saturated rings. The summed E-state index contributed by atoms with van der Waals surface area (Å²) in [5.41, 5.74) is 5.67. The molecular formula is C15H18N2O5S. The summed E-state index contributed by atoms with van der Waals surface area (Å²) < 4.78 is 4.74. The number of ketones is 1. The van der Waals surface area contributed by atoms with E-state index in [2.05, 4.69) is 5.32 Å². The maximum absolute atomic E-state index is 11.9. The Morgan fingerprint density at radius 2 is 1.91 bits per heavy atom. The number of amides is 1. The van der Waals surface area contributed by atoms with E-state index >= 15 is 0 Å². The summed E-state index contributed by atoms with van der Waals surface area (Å²) in [5, 5.41) is 2.25. The first-order valence-electron chi connectivity index (χ1n) is 6.89. The first-order chi connectivity index (χ1) is 11.1. The van der Waals surface area contributed by atoms with Gasteiger partial charge in [0.25, 0.3) is 6.47 Å². The highest BCUT2D eigenvalue weighted by Gasteiger charge is 2.16. The average molecular weight is 338 g/mol. The van der Waals surface area contributed by atoms with Crippen molar-refractivity contribution in [2.24, 2.45) is 5.73 Å². The molecule has 0 radical (unpaired) electrons. The molecule has 1 atom stereocenters. The van der Waals surface area contributed by atoms with Crippen molar-refractivity contribution >= 4 is 35.0 Å². The minimum atomic E-state index is -0.939. The fourth-order valence-electron chi connectivity index (χ4n) is 1.60. The van der Waals surface area contributed by atoms with Crippen LogP contribution in [-0.4, -0.2) is 41.8 Å². The summed E-state index contributed by atoms with van der Waals surface area (Å²) in [6.45, 7) is 0.0759. The van der Waals surface area contributed by atoms with E-state index in [0.29, 0.717) is 5.56 Å². The first-order valence-corrected chi connectivity index (χ1v) is 7.87. The van der Waals surface area contributed by atoms with Crippen molar-refractivity contribution in [1.29, 1.82) is 0 Å². The fourth-order valence-corrected chi connectivity index (χ4v) is 2.37. The third kappa shape index (κ3) is 7.57. The van der Waals surface area contributed by atoms with Gasteiger partial charge in [0, 0.05) is 18.4 Å². The van der Waals surface area contributed by atoms with E-state index in [1.165, 1.54) is 0 Å². The molecule has 0 heterocycles. The van der Waals surface area contributed by atoms with Crippen LogP contribution in [0.15, 0.2) is 30.3 Å². The molecule has 0 saturated heterocycles. The molecule has 1 aromatic carbocycles. The minimum Gasteiger partial charge on any atom is -0.443 e. The predicted octanol–water partition coefficient (Wildman–Crippen LogP) is 0.483. The largest absolute Gasteiger partial charge is 0.443 e. The van der Waals surface area contributed by atoms with Crippen LogP contribution in [0.5, 0.6) is 0 Å². The first kappa shape index (κ1) is 18.9. The number of nitrogens with two attached hydrogens (primary N) is 1. The summed E-state index contributed by atoms with van der Waals surface area (Å²) in [4.78, 5) is 45.2. The lowest BCUT2D eigenvalue weighted by atomic mass is 10.2. The molecule has 0 bridgehead atoms. The molecule has 0 saturated carbocycles. The SMILES string of the molecule is NCC(=O)CCC(=O)N[C@@H](CSC(=O)c1ccccc1)OC=O. The Bertz CT molecular complexity index is 550. The smallest absolute Gasteiger partial charge is 0.295 e. The van der Waals surface area contributed by atoms with Gasteiger partial charge in [0.05, 0.1) is 12.3 Å². The van der Waals surface area contributed by atoms with Crippen molar-refractivity contribution in [1.82, 2.24) is 5.32 Å². The van der Waals surface area contributed by atoms with E-state index in [0.717, 1.165) is 11.8 Å². The van der Waals surface area contributed by atoms with Crippen LogP contribution < -0.4 is 11.1 Å². The van der Waals surface area contributed by atoms with Gasteiger partial charge in [0.15, 0.2) is 6.23 Å². The number of carbonyl (C=O) groups is 4. The molecule has 1 amide bonds. The van der Waals surface area contributed by atoms with Gasteiger partial charge >= 0.3 is 0 Å². The van der Waals surface area contributed by atoms with E-state index in [-0.39, 0.29) is 42.5 Å². The van der Waals surface area contributed by atoms with Crippen LogP contribution in [0.4, 0.5) is 0 Å². The van der Waals surface area contributed by atoms with Gasteiger partial charge in [-0.1, -0.05) is 42.1 Å². The molecule has 23 heavy (non-hydrogen) atoms. The number of rotatable bonds is 10. The Hall–Kier alpha value is -2.19. The van der Waals surface area contributed by atoms with Gasteiger partial charge in [-0.3, -0.25) is 19.2 Å². The van der Waals surface area contributed by atoms with Crippen molar-refractivity contribution in [2.45, 2.75) is 19.1 Å². The number of hydrogen-bond acceptors (Lipinski definition) is 7. The Kier molecular flexibility index (Phi) is 8.63. The van der Waals surface area contributed by atoms with Crippen molar-refractivity contribution in [3.63, 3.8) is 0 Å². The molecule has 0 aliphatic rings. The van der Waals surface area contributed by atoms with Crippen molar-refractivity contribution < 1.29 is 23.9 Å². The van der Waals surface area contributed by atoms with Gasteiger partial charge < -0.3 is 15.8 Å². The van der Waals surface area contributed by atoms with E-state index in [1.807, 2.05) is 0 Å². The molecule has 7 nitrogen and oxygen atoms in total. The zero-order chi connectivity index (χ0) is 17.1. The van der Waals surface area contributed by atoms with Crippen LogP contribution in [0.1, 0.15) is 23.2 Å². The molecule has 0 unspecified atom stereocenters. The molecule has 0 spiro atoms. The maximum atomic E-state index is 11.9. The lowest BCUT2D eigenvalue weighted by Gasteiger charge is -2.16. The van der Waals surface area contributed by atoms with E-state index in [9.17, 15) is 19.2 Å². The molecule has 1 rings (SSSR count). The summed E-state index contributed by atoms with van der Waals surface area (Å²) in [5.74, 6) is -0.615. The van der Waals surface area contributed by atoms with Crippen molar-refractivity contribution in [2.75, 3.05) is 12.3 Å². The van der Waals surface area contributed by atoms with Crippen molar-refractivity contribution in [3.8, 4) is 0 Å². The van der Waals surface area contributed by atoms with Crippen LogP contribution in [0, 0.1) is 0 Å². The summed E-state index contributed by atoms with van der Waals surface area (Å²) in [7, 11) is 0. The molecule has 0 aromatic heterocycles. The highest BCUT2D eigenvalue weighted by molar-refractivity contribution is 8.14. The van der Waals surface area contributed by atoms with E-state index < -0.39 is 12.1 Å². The predicted molar refractivity (Wildman–Crippen MR) is 85.6 cm³/mol. The fraction of sp³-hybridized carbons (Fsp3) is 0.333. The molecule has 8 heteroatoms. The maximum Gasteiger partial charge on any atom is 0.295 e. The lowest BCUT2D eigenvalue weighted by molar-refractivity contribution is -0.137. The zero-order valence-electron chi connectivity index (χ0n) is 12.4.